The fourth-order valence-electron chi connectivity index (χ4n) is 5.12. The van der Waals surface area contributed by atoms with Crippen LogP contribution in [0.2, 0.25) is 0 Å². The molecule has 0 amide bonds. The predicted octanol–water partition coefficient (Wildman–Crippen LogP) is 5.91. The third-order valence-corrected chi connectivity index (χ3v) is 7.64. The van der Waals surface area contributed by atoms with Gasteiger partial charge in [-0.2, -0.15) is 0 Å². The summed E-state index contributed by atoms with van der Waals surface area (Å²) in [5.41, 5.74) is 0. The molecule has 2 aliphatic rings. The van der Waals surface area contributed by atoms with Gasteiger partial charge < -0.3 is 14.2 Å². The SMILES string of the molecule is CC[C@H]1CC(O[C@H]2[C@H](C)[C@@H](C)C(OC(C)C)O[C@@H]2CC)[C@H](C)[C@@H](C)C1C. The van der Waals surface area contributed by atoms with Crippen molar-refractivity contribution in [3.8, 4) is 0 Å². The molecular weight excluding hydrogens is 324 g/mol. The molecule has 0 radical (unpaired) electrons. The molecule has 0 aromatic rings. The largest absolute Gasteiger partial charge is 0.372 e. The molecule has 0 N–H and O–H groups in total. The van der Waals surface area contributed by atoms with Gasteiger partial charge in [0.05, 0.1) is 24.4 Å². The van der Waals surface area contributed by atoms with Crippen molar-refractivity contribution in [3.05, 3.63) is 0 Å². The first-order chi connectivity index (χ1) is 12.2. The molecule has 2 rings (SSSR count). The fourth-order valence-corrected chi connectivity index (χ4v) is 5.12. The van der Waals surface area contributed by atoms with Crippen molar-refractivity contribution >= 4 is 0 Å². The maximum absolute atomic E-state index is 6.85. The monoisotopic (exact) mass is 368 g/mol. The van der Waals surface area contributed by atoms with Crippen molar-refractivity contribution in [1.29, 1.82) is 0 Å². The van der Waals surface area contributed by atoms with Gasteiger partial charge in [0.25, 0.3) is 0 Å². The molecule has 1 saturated carbocycles. The van der Waals surface area contributed by atoms with Crippen molar-refractivity contribution in [1.82, 2.24) is 0 Å². The van der Waals surface area contributed by atoms with Gasteiger partial charge in [0.1, 0.15) is 0 Å². The minimum Gasteiger partial charge on any atom is -0.372 e. The Morgan fingerprint density at radius 3 is 2.04 bits per heavy atom. The van der Waals surface area contributed by atoms with Gasteiger partial charge in [-0.15, -0.1) is 0 Å². The van der Waals surface area contributed by atoms with Gasteiger partial charge in [0.2, 0.25) is 0 Å². The van der Waals surface area contributed by atoms with E-state index in [4.69, 9.17) is 14.2 Å². The van der Waals surface area contributed by atoms with Gasteiger partial charge in [-0.05, 0) is 56.3 Å². The first-order valence-corrected chi connectivity index (χ1v) is 11.2. The maximum Gasteiger partial charge on any atom is 0.161 e. The van der Waals surface area contributed by atoms with Gasteiger partial charge in [-0.3, -0.25) is 0 Å². The average molecular weight is 369 g/mol. The quantitative estimate of drug-likeness (QED) is 0.583. The standard InChI is InChI=1S/C23H44O3/c1-10-19-12-21(16(7)14(5)15(19)6)25-22-17(8)18(9)23(24-13(3)4)26-20(22)11-2/h13-23H,10-12H2,1-9H3/t14-,15?,16+,17+,18+,19-,20+,21?,22-,23?/m0/s1. The highest BCUT2D eigenvalue weighted by atomic mass is 16.7. The first kappa shape index (κ1) is 22.2. The van der Waals surface area contributed by atoms with E-state index in [1.807, 2.05) is 0 Å². The lowest BCUT2D eigenvalue weighted by atomic mass is 9.66. The Labute approximate surface area is 162 Å². The number of ether oxygens (including phenoxy) is 3. The minimum absolute atomic E-state index is 0.110. The van der Waals surface area contributed by atoms with Crippen molar-refractivity contribution in [3.63, 3.8) is 0 Å². The lowest BCUT2D eigenvalue weighted by Gasteiger charge is -2.49. The molecule has 0 spiro atoms. The number of hydrogen-bond donors (Lipinski definition) is 0. The highest BCUT2D eigenvalue weighted by Gasteiger charge is 2.45. The molecule has 0 aromatic carbocycles. The van der Waals surface area contributed by atoms with Crippen LogP contribution in [0.15, 0.2) is 0 Å². The van der Waals surface area contributed by atoms with Crippen molar-refractivity contribution in [2.75, 3.05) is 0 Å². The Kier molecular flexibility index (Phi) is 8.00. The molecule has 3 unspecified atom stereocenters. The predicted molar refractivity (Wildman–Crippen MR) is 108 cm³/mol. The molecule has 0 aromatic heterocycles. The topological polar surface area (TPSA) is 27.7 Å². The Balaban J connectivity index is 2.11. The van der Waals surface area contributed by atoms with Gasteiger partial charge >= 0.3 is 0 Å². The van der Waals surface area contributed by atoms with E-state index in [9.17, 15) is 0 Å². The Morgan fingerprint density at radius 1 is 0.846 bits per heavy atom. The summed E-state index contributed by atoms with van der Waals surface area (Å²) >= 11 is 0. The highest BCUT2D eigenvalue weighted by Crippen LogP contribution is 2.44. The van der Waals surface area contributed by atoms with Crippen LogP contribution in [0.4, 0.5) is 0 Å². The van der Waals surface area contributed by atoms with Crippen LogP contribution in [-0.2, 0) is 14.2 Å². The summed E-state index contributed by atoms with van der Waals surface area (Å²) in [6.45, 7) is 20.5. The van der Waals surface area contributed by atoms with Crippen molar-refractivity contribution < 1.29 is 14.2 Å². The van der Waals surface area contributed by atoms with Crippen LogP contribution in [0.5, 0.6) is 0 Å². The number of hydrogen-bond acceptors (Lipinski definition) is 3. The molecule has 1 aliphatic carbocycles. The lowest BCUT2D eigenvalue weighted by molar-refractivity contribution is -0.290. The zero-order valence-electron chi connectivity index (χ0n) is 18.7. The Bertz CT molecular complexity index is 420. The summed E-state index contributed by atoms with van der Waals surface area (Å²) in [6, 6.07) is 0. The average Bonchev–Trinajstić information content (AvgIpc) is 2.60. The van der Waals surface area contributed by atoms with Gasteiger partial charge in [-0.1, -0.05) is 54.9 Å². The molecule has 10 atom stereocenters. The van der Waals surface area contributed by atoms with Crippen LogP contribution in [0.25, 0.3) is 0 Å². The van der Waals surface area contributed by atoms with Crippen LogP contribution in [0, 0.1) is 35.5 Å². The van der Waals surface area contributed by atoms with E-state index >= 15 is 0 Å². The second-order valence-corrected chi connectivity index (χ2v) is 9.47. The number of rotatable bonds is 6. The summed E-state index contributed by atoms with van der Waals surface area (Å²) in [7, 11) is 0. The van der Waals surface area contributed by atoms with E-state index in [1.54, 1.807) is 0 Å². The zero-order valence-corrected chi connectivity index (χ0v) is 18.7. The molecule has 1 heterocycles. The second kappa shape index (κ2) is 9.39. The molecular formula is C23H44O3. The second-order valence-electron chi connectivity index (χ2n) is 9.47. The molecule has 26 heavy (non-hydrogen) atoms. The summed E-state index contributed by atoms with van der Waals surface area (Å²) in [5, 5.41) is 0. The van der Waals surface area contributed by atoms with Crippen molar-refractivity contribution in [2.24, 2.45) is 35.5 Å². The van der Waals surface area contributed by atoms with Gasteiger partial charge in [0, 0.05) is 5.92 Å². The van der Waals surface area contributed by atoms with Crippen LogP contribution in [-0.4, -0.2) is 30.7 Å². The van der Waals surface area contributed by atoms with E-state index in [0.717, 1.165) is 18.3 Å². The smallest absolute Gasteiger partial charge is 0.161 e. The van der Waals surface area contributed by atoms with E-state index in [2.05, 4.69) is 62.3 Å². The third-order valence-electron chi connectivity index (χ3n) is 7.64. The van der Waals surface area contributed by atoms with Crippen molar-refractivity contribution in [2.45, 2.75) is 112 Å². The summed E-state index contributed by atoms with van der Waals surface area (Å²) in [6.07, 6.45) is 4.17. The molecule has 3 nitrogen and oxygen atoms in total. The van der Waals surface area contributed by atoms with Crippen LogP contribution in [0.1, 0.15) is 81.6 Å². The summed E-state index contributed by atoms with van der Waals surface area (Å²) in [5.74, 6) is 3.69. The Hall–Kier alpha value is -0.120. The third kappa shape index (κ3) is 4.64. The fraction of sp³-hybridized carbons (Fsp3) is 1.00. The van der Waals surface area contributed by atoms with Crippen LogP contribution < -0.4 is 0 Å². The first-order valence-electron chi connectivity index (χ1n) is 11.2. The molecule has 1 saturated heterocycles. The van der Waals surface area contributed by atoms with E-state index in [-0.39, 0.29) is 24.6 Å². The minimum atomic E-state index is -0.110. The molecule has 2 fully saturated rings. The van der Waals surface area contributed by atoms with Crippen LogP contribution in [0.3, 0.4) is 0 Å². The lowest BCUT2D eigenvalue weighted by Crippen LogP contribution is -2.54. The molecule has 154 valence electrons. The van der Waals surface area contributed by atoms with E-state index in [1.165, 1.54) is 12.8 Å². The molecule has 1 aliphatic heterocycles. The normalized spacial score (nSPS) is 47.3. The molecule has 0 bridgehead atoms. The summed E-state index contributed by atoms with van der Waals surface area (Å²) in [4.78, 5) is 0. The maximum atomic E-state index is 6.85. The summed E-state index contributed by atoms with van der Waals surface area (Å²) < 4.78 is 19.3. The van der Waals surface area contributed by atoms with E-state index < -0.39 is 0 Å². The Morgan fingerprint density at radius 2 is 1.50 bits per heavy atom. The van der Waals surface area contributed by atoms with Gasteiger partial charge in [0.15, 0.2) is 6.29 Å². The highest BCUT2D eigenvalue weighted by molar-refractivity contribution is 4.91. The van der Waals surface area contributed by atoms with E-state index in [0.29, 0.717) is 29.8 Å². The van der Waals surface area contributed by atoms with Gasteiger partial charge in [-0.25, -0.2) is 0 Å². The van der Waals surface area contributed by atoms with Crippen LogP contribution >= 0.6 is 0 Å². The zero-order chi connectivity index (χ0) is 19.6. The molecule has 3 heteroatoms.